The number of amides is 1. The Kier molecular flexibility index (Phi) is 7.03. The molecule has 1 heterocycles. The minimum absolute atomic E-state index is 0.110. The lowest BCUT2D eigenvalue weighted by atomic mass is 10.2. The molecule has 0 spiro atoms. The van der Waals surface area contributed by atoms with Crippen LogP contribution in [0.4, 0.5) is 9.52 Å². The molecule has 2 aromatic carbocycles. The number of halogens is 1. The molecule has 1 aliphatic rings. The highest BCUT2D eigenvalue weighted by Crippen LogP contribution is 2.31. The van der Waals surface area contributed by atoms with Crippen LogP contribution in [0.15, 0.2) is 52.9 Å². The normalized spacial score (nSPS) is 13.1. The first-order chi connectivity index (χ1) is 15.1. The van der Waals surface area contributed by atoms with Gasteiger partial charge in [-0.05, 0) is 48.2 Å². The van der Waals surface area contributed by atoms with Gasteiger partial charge >= 0.3 is 0 Å². The number of ether oxygens (including phenoxy) is 1. The number of anilines is 1. The number of carbonyl (C=O) groups is 1. The van der Waals surface area contributed by atoms with E-state index < -0.39 is 0 Å². The largest absolute Gasteiger partial charge is 0.497 e. The van der Waals surface area contributed by atoms with Crippen LogP contribution in [0.25, 0.3) is 0 Å². The van der Waals surface area contributed by atoms with Gasteiger partial charge in [0.1, 0.15) is 11.6 Å². The number of carbonyl (C=O) groups excluding carboxylic acids is 1. The van der Waals surface area contributed by atoms with E-state index in [0.29, 0.717) is 30.0 Å². The molecule has 0 atom stereocenters. The standard InChI is InChI=1S/C22H23FN4O2S2/c1-29-19-10-4-16(5-11-19)13-27(18-8-9-18)20(28)14-30-22-26-25-21(31-22)24-12-15-2-6-17(23)7-3-15/h2-7,10-11,18H,8-9,12-14H2,1H3,(H,24,25). The minimum Gasteiger partial charge on any atom is -0.497 e. The van der Waals surface area contributed by atoms with Gasteiger partial charge in [0.15, 0.2) is 4.34 Å². The third-order valence-electron chi connectivity index (χ3n) is 4.90. The molecule has 4 rings (SSSR count). The molecule has 3 aromatic rings. The van der Waals surface area contributed by atoms with E-state index in [1.54, 1.807) is 19.2 Å². The molecule has 9 heteroatoms. The fraction of sp³-hybridized carbons (Fsp3) is 0.318. The summed E-state index contributed by atoms with van der Waals surface area (Å²) in [5.41, 5.74) is 2.05. The highest BCUT2D eigenvalue weighted by molar-refractivity contribution is 8.01. The summed E-state index contributed by atoms with van der Waals surface area (Å²) >= 11 is 2.82. The van der Waals surface area contributed by atoms with E-state index in [4.69, 9.17) is 4.74 Å². The van der Waals surface area contributed by atoms with E-state index in [2.05, 4.69) is 15.5 Å². The van der Waals surface area contributed by atoms with Gasteiger partial charge < -0.3 is 15.0 Å². The third-order valence-corrected chi connectivity index (χ3v) is 6.90. The average molecular weight is 459 g/mol. The van der Waals surface area contributed by atoms with Gasteiger partial charge in [0.25, 0.3) is 0 Å². The number of hydrogen-bond donors (Lipinski definition) is 1. The topological polar surface area (TPSA) is 67.3 Å². The molecule has 1 fully saturated rings. The molecule has 1 aliphatic carbocycles. The average Bonchev–Trinajstić information content (AvgIpc) is 3.54. The number of nitrogens with zero attached hydrogens (tertiary/aromatic N) is 3. The second-order valence-corrected chi connectivity index (χ2v) is 9.44. The van der Waals surface area contributed by atoms with Crippen molar-refractivity contribution in [2.75, 3.05) is 18.2 Å². The fourth-order valence-electron chi connectivity index (χ4n) is 3.06. The number of thioether (sulfide) groups is 1. The Bertz CT molecular complexity index is 1010. The summed E-state index contributed by atoms with van der Waals surface area (Å²) in [6, 6.07) is 14.5. The van der Waals surface area contributed by atoms with E-state index in [9.17, 15) is 9.18 Å². The summed E-state index contributed by atoms with van der Waals surface area (Å²) in [4.78, 5) is 14.8. The van der Waals surface area contributed by atoms with E-state index in [1.165, 1.54) is 35.2 Å². The number of benzene rings is 2. The molecule has 1 saturated carbocycles. The lowest BCUT2D eigenvalue weighted by Gasteiger charge is -2.22. The molecule has 1 N–H and O–H groups in total. The zero-order chi connectivity index (χ0) is 21.6. The Labute approximate surface area is 188 Å². The zero-order valence-electron chi connectivity index (χ0n) is 17.1. The van der Waals surface area contributed by atoms with Crippen molar-refractivity contribution in [3.63, 3.8) is 0 Å². The maximum absolute atomic E-state index is 13.0. The second kappa shape index (κ2) is 10.1. The Balaban J connectivity index is 1.28. The molecule has 1 amide bonds. The maximum atomic E-state index is 13.0. The van der Waals surface area contributed by atoms with Crippen molar-refractivity contribution < 1.29 is 13.9 Å². The van der Waals surface area contributed by atoms with Crippen molar-refractivity contribution >= 4 is 34.1 Å². The maximum Gasteiger partial charge on any atom is 0.233 e. The first-order valence-electron chi connectivity index (χ1n) is 9.98. The number of methoxy groups -OCH3 is 1. The van der Waals surface area contributed by atoms with Gasteiger partial charge in [-0.2, -0.15) is 0 Å². The Morgan fingerprint density at radius 3 is 2.55 bits per heavy atom. The third kappa shape index (κ3) is 6.18. The fourth-order valence-corrected chi connectivity index (χ4v) is 4.69. The second-order valence-electron chi connectivity index (χ2n) is 7.24. The molecule has 0 unspecified atom stereocenters. The molecule has 31 heavy (non-hydrogen) atoms. The molecule has 1 aromatic heterocycles. The number of hydrogen-bond acceptors (Lipinski definition) is 7. The first kappa shape index (κ1) is 21.6. The van der Waals surface area contributed by atoms with Crippen molar-refractivity contribution in [3.05, 3.63) is 65.5 Å². The van der Waals surface area contributed by atoms with Crippen LogP contribution in [0.3, 0.4) is 0 Å². The van der Waals surface area contributed by atoms with E-state index >= 15 is 0 Å². The highest BCUT2D eigenvalue weighted by atomic mass is 32.2. The van der Waals surface area contributed by atoms with E-state index in [-0.39, 0.29) is 11.7 Å². The van der Waals surface area contributed by atoms with Gasteiger partial charge in [-0.15, -0.1) is 10.2 Å². The molecule has 0 radical (unpaired) electrons. The Hall–Kier alpha value is -2.65. The van der Waals surface area contributed by atoms with E-state index in [1.807, 2.05) is 29.2 Å². The van der Waals surface area contributed by atoms with Crippen molar-refractivity contribution in [2.45, 2.75) is 36.3 Å². The van der Waals surface area contributed by atoms with Gasteiger partial charge in [-0.1, -0.05) is 47.4 Å². The Morgan fingerprint density at radius 2 is 1.87 bits per heavy atom. The van der Waals surface area contributed by atoms with Gasteiger partial charge in [-0.3, -0.25) is 4.79 Å². The summed E-state index contributed by atoms with van der Waals surface area (Å²) in [6.07, 6.45) is 2.12. The number of nitrogens with one attached hydrogen (secondary N) is 1. The van der Waals surface area contributed by atoms with Crippen LogP contribution in [-0.2, 0) is 17.9 Å². The van der Waals surface area contributed by atoms with Crippen molar-refractivity contribution in [2.24, 2.45) is 0 Å². The van der Waals surface area contributed by atoms with Crippen LogP contribution in [0.1, 0.15) is 24.0 Å². The van der Waals surface area contributed by atoms with Crippen LogP contribution in [0.2, 0.25) is 0 Å². The van der Waals surface area contributed by atoms with Crippen LogP contribution in [0.5, 0.6) is 5.75 Å². The molecule has 0 aliphatic heterocycles. The highest BCUT2D eigenvalue weighted by Gasteiger charge is 2.32. The van der Waals surface area contributed by atoms with Gasteiger partial charge in [-0.25, -0.2) is 4.39 Å². The van der Waals surface area contributed by atoms with Crippen molar-refractivity contribution in [3.8, 4) is 5.75 Å². The van der Waals surface area contributed by atoms with Crippen molar-refractivity contribution in [1.29, 1.82) is 0 Å². The summed E-state index contributed by atoms with van der Waals surface area (Å²) in [5, 5.41) is 12.2. The van der Waals surface area contributed by atoms with Gasteiger partial charge in [0, 0.05) is 19.1 Å². The minimum atomic E-state index is -0.254. The predicted octanol–water partition coefficient (Wildman–Crippen LogP) is 4.58. The van der Waals surface area contributed by atoms with Crippen LogP contribution in [0, 0.1) is 5.82 Å². The molecular weight excluding hydrogens is 435 g/mol. The molecular formula is C22H23FN4O2S2. The summed E-state index contributed by atoms with van der Waals surface area (Å²) in [5.74, 6) is 0.998. The lowest BCUT2D eigenvalue weighted by molar-refractivity contribution is -0.129. The van der Waals surface area contributed by atoms with E-state index in [0.717, 1.165) is 34.1 Å². The Morgan fingerprint density at radius 1 is 1.16 bits per heavy atom. The number of aromatic nitrogens is 2. The van der Waals surface area contributed by atoms with Gasteiger partial charge in [0.2, 0.25) is 11.0 Å². The predicted molar refractivity (Wildman–Crippen MR) is 121 cm³/mol. The quantitative estimate of drug-likeness (QED) is 0.449. The smallest absolute Gasteiger partial charge is 0.233 e. The van der Waals surface area contributed by atoms with Crippen LogP contribution >= 0.6 is 23.1 Å². The molecule has 0 saturated heterocycles. The SMILES string of the molecule is COc1ccc(CN(C(=O)CSc2nnc(NCc3ccc(F)cc3)s2)C2CC2)cc1. The summed E-state index contributed by atoms with van der Waals surface area (Å²) < 4.78 is 18.9. The molecule has 6 nitrogen and oxygen atoms in total. The molecule has 0 bridgehead atoms. The first-order valence-corrected chi connectivity index (χ1v) is 11.8. The molecule has 162 valence electrons. The van der Waals surface area contributed by atoms with Crippen LogP contribution in [-0.4, -0.2) is 39.9 Å². The van der Waals surface area contributed by atoms with Gasteiger partial charge in [0.05, 0.1) is 12.9 Å². The zero-order valence-corrected chi connectivity index (χ0v) is 18.7. The summed E-state index contributed by atoms with van der Waals surface area (Å²) in [7, 11) is 1.64. The van der Waals surface area contributed by atoms with Crippen molar-refractivity contribution in [1.82, 2.24) is 15.1 Å². The number of rotatable bonds is 10. The monoisotopic (exact) mass is 458 g/mol. The van der Waals surface area contributed by atoms with Crippen LogP contribution < -0.4 is 10.1 Å². The summed E-state index contributed by atoms with van der Waals surface area (Å²) in [6.45, 7) is 1.14. The lowest BCUT2D eigenvalue weighted by Crippen LogP contribution is -2.33.